The number of carbonyl (C=O) groups is 4. The third-order valence-electron chi connectivity index (χ3n) is 15.5. The Balaban J connectivity index is 5.38. The van der Waals surface area contributed by atoms with E-state index in [1.54, 1.807) is 0 Å². The highest BCUT2D eigenvalue weighted by molar-refractivity contribution is 7.47. The van der Waals surface area contributed by atoms with Crippen LogP contribution < -0.4 is 0 Å². The first-order chi connectivity index (χ1) is 46.7. The molecule has 0 aliphatic carbocycles. The predicted molar refractivity (Wildman–Crippen MR) is 390 cm³/mol. The van der Waals surface area contributed by atoms with Crippen molar-refractivity contribution in [3.8, 4) is 0 Å². The zero-order valence-corrected chi connectivity index (χ0v) is 62.1. The lowest BCUT2D eigenvalue weighted by molar-refractivity contribution is -0.161. The lowest BCUT2D eigenvalue weighted by Gasteiger charge is -2.21. The first-order valence-electron chi connectivity index (χ1n) is 37.5. The minimum absolute atomic E-state index is 0.0731. The lowest BCUT2D eigenvalue weighted by Crippen LogP contribution is -2.30. The molecule has 0 bridgehead atoms. The van der Waals surface area contributed by atoms with Crippen LogP contribution in [-0.4, -0.2) is 96.7 Å². The number of aliphatic hydroxyl groups is 1. The van der Waals surface area contributed by atoms with Crippen molar-refractivity contribution in [3.05, 3.63) is 97.2 Å². The quantitative estimate of drug-likeness (QED) is 0.0169. The third kappa shape index (κ3) is 68.5. The second kappa shape index (κ2) is 69.5. The maximum Gasteiger partial charge on any atom is 0.472 e. The normalized spacial score (nSPS) is 14.5. The first kappa shape index (κ1) is 92.0. The Kier molecular flexibility index (Phi) is 66.6. The molecule has 0 fully saturated rings. The summed E-state index contributed by atoms with van der Waals surface area (Å²) in [5.41, 5.74) is 0. The number of aliphatic hydroxyl groups excluding tert-OH is 1. The van der Waals surface area contributed by atoms with Crippen molar-refractivity contribution in [1.29, 1.82) is 0 Å². The lowest BCUT2D eigenvalue weighted by atomic mass is 10.1. The molecule has 19 heteroatoms. The standard InChI is InChI=1S/C77H134O17P2/c1-5-9-13-17-21-25-29-32-34-35-37-39-43-46-50-54-58-62-75(80)88-68-73(94-77(82)64-60-56-52-48-44-40-36-33-30-26-22-18-14-10-6-2)70-92-96(85,86)90-66-71(78)65-89-95(83,84)91-69-72(93-76(81)63-59-55-51-47-41-28-24-20-16-12-8-4)67-87-74(79)61-57-53-49-45-42-38-31-27-23-19-15-11-7-3/h9,13,15,19,21,25,27,31-34,36-37,39,46,50,71-73,78H,5-8,10-12,14,16-18,20,22-24,26,28-30,35,38,40-45,47-49,51-70H2,1-4H3,(H,83,84)(H,85,86)/b13-9-,19-15-,25-21-,31-27-,34-32-,36-33-,39-37-,50-46-. The maximum atomic E-state index is 13.1. The molecule has 0 rings (SSSR count). The van der Waals surface area contributed by atoms with E-state index >= 15 is 0 Å². The van der Waals surface area contributed by atoms with Gasteiger partial charge in [-0.25, -0.2) is 9.13 Å². The van der Waals surface area contributed by atoms with Gasteiger partial charge in [-0.05, 0) is 116 Å². The number of phosphoric ester groups is 2. The number of hydrogen-bond acceptors (Lipinski definition) is 15. The maximum absolute atomic E-state index is 13.1. The fourth-order valence-corrected chi connectivity index (χ4v) is 11.4. The summed E-state index contributed by atoms with van der Waals surface area (Å²) in [5.74, 6) is -2.26. The van der Waals surface area contributed by atoms with Crippen LogP contribution >= 0.6 is 15.6 Å². The zero-order chi connectivity index (χ0) is 70.4. The van der Waals surface area contributed by atoms with Crippen LogP contribution in [0.2, 0.25) is 0 Å². The highest BCUT2D eigenvalue weighted by Gasteiger charge is 2.30. The molecule has 0 aliphatic rings. The Morgan fingerprint density at radius 1 is 0.302 bits per heavy atom. The van der Waals surface area contributed by atoms with Crippen LogP contribution in [0.1, 0.15) is 310 Å². The van der Waals surface area contributed by atoms with Crippen LogP contribution in [-0.2, 0) is 65.4 Å². The van der Waals surface area contributed by atoms with Crippen LogP contribution in [0.15, 0.2) is 97.2 Å². The zero-order valence-electron chi connectivity index (χ0n) is 60.3. The van der Waals surface area contributed by atoms with E-state index in [9.17, 15) is 43.2 Å². The van der Waals surface area contributed by atoms with Gasteiger partial charge in [0, 0.05) is 25.7 Å². The van der Waals surface area contributed by atoms with Gasteiger partial charge in [0.25, 0.3) is 0 Å². The van der Waals surface area contributed by atoms with Gasteiger partial charge in [0.1, 0.15) is 19.3 Å². The van der Waals surface area contributed by atoms with Crippen molar-refractivity contribution in [2.45, 2.75) is 329 Å². The summed E-state index contributed by atoms with van der Waals surface area (Å²) in [4.78, 5) is 72.7. The fraction of sp³-hybridized carbons (Fsp3) is 0.740. The molecule has 17 nitrogen and oxygen atoms in total. The largest absolute Gasteiger partial charge is 0.472 e. The second-order valence-electron chi connectivity index (χ2n) is 24.9. The minimum atomic E-state index is -4.98. The van der Waals surface area contributed by atoms with Crippen LogP contribution in [0.5, 0.6) is 0 Å². The Hall–Kier alpha value is -4.02. The molecule has 0 radical (unpaired) electrons. The molecule has 0 aliphatic heterocycles. The summed E-state index contributed by atoms with van der Waals surface area (Å²) < 4.78 is 68.3. The highest BCUT2D eigenvalue weighted by atomic mass is 31.2. The summed E-state index contributed by atoms with van der Waals surface area (Å²) >= 11 is 0. The monoisotopic (exact) mass is 1390 g/mol. The van der Waals surface area contributed by atoms with Gasteiger partial charge in [-0.3, -0.25) is 37.3 Å². The highest BCUT2D eigenvalue weighted by Crippen LogP contribution is 2.45. The summed E-state index contributed by atoms with van der Waals surface area (Å²) in [5, 5.41) is 10.6. The second-order valence-corrected chi connectivity index (χ2v) is 27.8. The van der Waals surface area contributed by atoms with Crippen molar-refractivity contribution in [3.63, 3.8) is 0 Å². The van der Waals surface area contributed by atoms with Gasteiger partial charge in [0.15, 0.2) is 12.2 Å². The first-order valence-corrected chi connectivity index (χ1v) is 40.5. The average Bonchev–Trinajstić information content (AvgIpc) is 2.18. The van der Waals surface area contributed by atoms with Gasteiger partial charge in [0.05, 0.1) is 26.4 Å². The number of ether oxygens (including phenoxy) is 4. The van der Waals surface area contributed by atoms with Crippen molar-refractivity contribution in [2.75, 3.05) is 39.6 Å². The molecule has 0 spiro atoms. The van der Waals surface area contributed by atoms with Gasteiger partial charge in [-0.2, -0.15) is 0 Å². The third-order valence-corrected chi connectivity index (χ3v) is 17.4. The van der Waals surface area contributed by atoms with Gasteiger partial charge in [0.2, 0.25) is 0 Å². The molecule has 0 saturated heterocycles. The van der Waals surface area contributed by atoms with E-state index in [1.807, 2.05) is 12.2 Å². The number of allylic oxidation sites excluding steroid dienone is 16. The number of phosphoric acid groups is 2. The topological polar surface area (TPSA) is 237 Å². The van der Waals surface area contributed by atoms with E-state index in [0.29, 0.717) is 32.1 Å². The SMILES string of the molecule is CC/C=C\C/C=C\C/C=C\C/C=C\C/C=C\CCCC(=O)OCC(COP(=O)(O)OCC(O)COP(=O)(O)OCC(COC(=O)CCCCCCC/C=C\C/C=C\CCC)OC(=O)CCCCCCCCCCCCC)OC(=O)CCCCCCC/C=C\CCCCCCCC. The summed E-state index contributed by atoms with van der Waals surface area (Å²) in [7, 11) is -9.96. The van der Waals surface area contributed by atoms with Crippen LogP contribution in [0.25, 0.3) is 0 Å². The van der Waals surface area contributed by atoms with Gasteiger partial charge in [-0.15, -0.1) is 0 Å². The Labute approximate surface area is 582 Å². The van der Waals surface area contributed by atoms with Gasteiger partial charge >= 0.3 is 39.5 Å². The molecule has 5 unspecified atom stereocenters. The van der Waals surface area contributed by atoms with Crippen LogP contribution in [0, 0.1) is 0 Å². The molecular formula is C77H134O17P2. The Morgan fingerprint density at radius 2 is 0.573 bits per heavy atom. The van der Waals surface area contributed by atoms with Crippen LogP contribution in [0.4, 0.5) is 0 Å². The molecule has 0 heterocycles. The van der Waals surface area contributed by atoms with Crippen molar-refractivity contribution >= 4 is 39.5 Å². The number of esters is 4. The Bertz CT molecular complexity index is 2200. The fourth-order valence-electron chi connectivity index (χ4n) is 9.82. The molecular weight excluding hydrogens is 1260 g/mol. The van der Waals surface area contributed by atoms with E-state index < -0.39 is 97.5 Å². The number of rotatable bonds is 70. The number of carbonyl (C=O) groups excluding carboxylic acids is 4. The van der Waals surface area contributed by atoms with E-state index in [2.05, 4.69) is 113 Å². The van der Waals surface area contributed by atoms with Gasteiger partial charge in [-0.1, -0.05) is 266 Å². The summed E-state index contributed by atoms with van der Waals surface area (Å²) in [6.45, 7) is 4.60. The molecule has 0 amide bonds. The molecule has 554 valence electrons. The molecule has 0 aromatic heterocycles. The molecule has 96 heavy (non-hydrogen) atoms. The molecule has 0 aromatic rings. The molecule has 0 saturated carbocycles. The van der Waals surface area contributed by atoms with Crippen molar-refractivity contribution in [2.24, 2.45) is 0 Å². The summed E-state index contributed by atoms with van der Waals surface area (Å²) in [6.07, 6.45) is 71.3. The van der Waals surface area contributed by atoms with E-state index in [0.717, 1.165) is 148 Å². The van der Waals surface area contributed by atoms with E-state index in [1.165, 1.54) is 77.0 Å². The van der Waals surface area contributed by atoms with E-state index in [-0.39, 0.29) is 25.7 Å². The molecule has 3 N–H and O–H groups in total. The van der Waals surface area contributed by atoms with Crippen molar-refractivity contribution < 1.29 is 80.2 Å². The van der Waals surface area contributed by atoms with Crippen LogP contribution in [0.3, 0.4) is 0 Å². The Morgan fingerprint density at radius 3 is 0.927 bits per heavy atom. The average molecular weight is 1390 g/mol. The minimum Gasteiger partial charge on any atom is -0.462 e. The number of unbranched alkanes of at least 4 members (excludes halogenated alkanes) is 28. The molecule has 0 aromatic carbocycles. The smallest absolute Gasteiger partial charge is 0.462 e. The number of hydrogen-bond donors (Lipinski definition) is 3. The van der Waals surface area contributed by atoms with Crippen molar-refractivity contribution in [1.82, 2.24) is 0 Å². The van der Waals surface area contributed by atoms with E-state index in [4.69, 9.17) is 37.0 Å². The van der Waals surface area contributed by atoms with Gasteiger partial charge < -0.3 is 33.8 Å². The molecule has 5 atom stereocenters. The summed E-state index contributed by atoms with van der Waals surface area (Å²) in [6, 6.07) is 0. The predicted octanol–water partition coefficient (Wildman–Crippen LogP) is 21.2.